The van der Waals surface area contributed by atoms with Gasteiger partial charge in [-0.2, -0.15) is 0 Å². The van der Waals surface area contributed by atoms with Crippen LogP contribution in [0.5, 0.6) is 0 Å². The number of rotatable bonds is 2. The molecule has 3 nitrogen and oxygen atoms in total. The molecule has 0 amide bonds. The maximum Gasteiger partial charge on any atom is 0.199 e. The molecule has 0 unspecified atom stereocenters. The number of carbonyl (C=O) groups excluding carboxylic acids is 1. The minimum Gasteiger partial charge on any atom is -0.361 e. The molecule has 0 aromatic rings. The third-order valence-corrected chi connectivity index (χ3v) is 2.55. The molecule has 1 aliphatic carbocycles. The number of aldehydes is 1. The fourth-order valence-corrected chi connectivity index (χ4v) is 1.63. The molecule has 4 heteroatoms. The first-order valence-corrected chi connectivity index (χ1v) is 4.21. The van der Waals surface area contributed by atoms with Gasteiger partial charge in [0.25, 0.3) is 0 Å². The predicted molar refractivity (Wildman–Crippen MR) is 47.7 cm³/mol. The van der Waals surface area contributed by atoms with Crippen molar-refractivity contribution >= 4 is 22.2 Å². The summed E-state index contributed by atoms with van der Waals surface area (Å²) in [4.78, 5) is 10.6. The van der Waals surface area contributed by atoms with Gasteiger partial charge in [-0.25, -0.2) is 0 Å². The molecule has 2 atom stereocenters. The molecule has 1 N–H and O–H groups in total. The van der Waals surface area contributed by atoms with Crippen LogP contribution < -0.4 is 0 Å². The summed E-state index contributed by atoms with van der Waals surface area (Å²) in [7, 11) is 1.35. The first-order chi connectivity index (χ1) is 5.64. The number of methoxy groups -OCH3 is 1. The number of allylic oxidation sites excluding steroid dienone is 2. The highest BCUT2D eigenvalue weighted by atomic mass is 79.9. The number of hydrogen-bond acceptors (Lipinski definition) is 3. The lowest BCUT2D eigenvalue weighted by Crippen LogP contribution is -2.40. The first kappa shape index (κ1) is 9.64. The van der Waals surface area contributed by atoms with Crippen molar-refractivity contribution in [2.24, 2.45) is 5.92 Å². The highest BCUT2D eigenvalue weighted by Gasteiger charge is 2.37. The van der Waals surface area contributed by atoms with Crippen molar-refractivity contribution < 1.29 is 14.6 Å². The lowest BCUT2D eigenvalue weighted by atomic mass is 9.95. The third-order valence-electron chi connectivity index (χ3n) is 1.80. The molecule has 0 aliphatic heterocycles. The number of carbonyl (C=O) groups is 1. The van der Waals surface area contributed by atoms with E-state index in [0.717, 1.165) is 0 Å². The number of aliphatic hydroxyl groups is 1. The van der Waals surface area contributed by atoms with Crippen molar-refractivity contribution in [2.45, 2.75) is 5.79 Å². The Balaban J connectivity index is 2.98. The molecule has 0 radical (unpaired) electrons. The molecule has 0 spiro atoms. The summed E-state index contributed by atoms with van der Waals surface area (Å²) in [5.74, 6) is -2.18. The Labute approximate surface area is 78.8 Å². The molecule has 0 bridgehead atoms. The largest absolute Gasteiger partial charge is 0.361 e. The van der Waals surface area contributed by atoms with Gasteiger partial charge in [-0.1, -0.05) is 28.1 Å². The van der Waals surface area contributed by atoms with E-state index in [1.807, 2.05) is 0 Å². The quantitative estimate of drug-likeness (QED) is 0.571. The molecular weight excluding hydrogens is 224 g/mol. The van der Waals surface area contributed by atoms with Crippen LogP contribution in [-0.2, 0) is 9.53 Å². The minimum atomic E-state index is -1.50. The van der Waals surface area contributed by atoms with Crippen LogP contribution in [0.4, 0.5) is 0 Å². The Bertz CT molecular complexity index is 247. The van der Waals surface area contributed by atoms with Crippen molar-refractivity contribution in [3.8, 4) is 0 Å². The summed E-state index contributed by atoms with van der Waals surface area (Å²) in [6, 6.07) is 0. The van der Waals surface area contributed by atoms with Crippen molar-refractivity contribution in [3.05, 3.63) is 22.7 Å². The van der Waals surface area contributed by atoms with Gasteiger partial charge in [0, 0.05) is 11.6 Å². The van der Waals surface area contributed by atoms with E-state index in [1.54, 1.807) is 12.2 Å². The molecule has 0 heterocycles. The molecule has 12 heavy (non-hydrogen) atoms. The molecule has 0 saturated heterocycles. The van der Waals surface area contributed by atoms with Gasteiger partial charge in [0.15, 0.2) is 5.79 Å². The molecule has 0 fully saturated rings. The normalized spacial score (nSPS) is 34.6. The van der Waals surface area contributed by atoms with Gasteiger partial charge in [0.1, 0.15) is 12.2 Å². The van der Waals surface area contributed by atoms with Crippen molar-refractivity contribution in [1.82, 2.24) is 0 Å². The van der Waals surface area contributed by atoms with Gasteiger partial charge < -0.3 is 14.6 Å². The van der Waals surface area contributed by atoms with E-state index < -0.39 is 11.7 Å². The van der Waals surface area contributed by atoms with Crippen LogP contribution in [-0.4, -0.2) is 24.3 Å². The zero-order valence-electron chi connectivity index (χ0n) is 6.53. The van der Waals surface area contributed by atoms with Gasteiger partial charge in [0.2, 0.25) is 0 Å². The summed E-state index contributed by atoms with van der Waals surface area (Å²) in [5, 5.41) is 9.70. The van der Waals surface area contributed by atoms with Gasteiger partial charge >= 0.3 is 0 Å². The van der Waals surface area contributed by atoms with E-state index in [2.05, 4.69) is 15.9 Å². The molecule has 66 valence electrons. The summed E-state index contributed by atoms with van der Waals surface area (Å²) in [5.41, 5.74) is 0. The van der Waals surface area contributed by atoms with Crippen molar-refractivity contribution in [3.63, 3.8) is 0 Å². The fraction of sp³-hybridized carbons (Fsp3) is 0.375. The Hall–Kier alpha value is -0.450. The third kappa shape index (κ3) is 1.50. The Morgan fingerprint density at radius 3 is 2.92 bits per heavy atom. The highest BCUT2D eigenvalue weighted by molar-refractivity contribution is 9.11. The average molecular weight is 233 g/mol. The van der Waals surface area contributed by atoms with Gasteiger partial charge in [-0.05, 0) is 6.08 Å². The summed E-state index contributed by atoms with van der Waals surface area (Å²) in [6.45, 7) is 0. The number of ether oxygens (including phenoxy) is 1. The van der Waals surface area contributed by atoms with E-state index in [1.165, 1.54) is 13.2 Å². The summed E-state index contributed by atoms with van der Waals surface area (Å²) < 4.78 is 5.43. The summed E-state index contributed by atoms with van der Waals surface area (Å²) in [6.07, 6.45) is 5.42. The molecular formula is C8H9BrO3. The summed E-state index contributed by atoms with van der Waals surface area (Å²) >= 11 is 3.17. The maximum atomic E-state index is 10.6. The molecule has 1 rings (SSSR count). The zero-order valence-corrected chi connectivity index (χ0v) is 8.11. The molecule has 0 aromatic carbocycles. The first-order valence-electron chi connectivity index (χ1n) is 3.42. The van der Waals surface area contributed by atoms with Gasteiger partial charge in [-0.3, -0.25) is 0 Å². The molecule has 0 aromatic heterocycles. The fourth-order valence-electron chi connectivity index (χ4n) is 1.04. The predicted octanol–water partition coefficient (Wildman–Crippen LogP) is 0.985. The average Bonchev–Trinajstić information content (AvgIpc) is 2.05. The molecule has 1 aliphatic rings. The second-order valence-electron chi connectivity index (χ2n) is 2.48. The maximum absolute atomic E-state index is 10.6. The van der Waals surface area contributed by atoms with E-state index in [9.17, 15) is 9.90 Å². The monoisotopic (exact) mass is 232 g/mol. The van der Waals surface area contributed by atoms with Crippen LogP contribution in [0.25, 0.3) is 0 Å². The Morgan fingerprint density at radius 1 is 1.83 bits per heavy atom. The number of halogens is 1. The standard InChI is InChI=1S/C8H9BrO3/c1-12-8(11)4-2-3-7(9)6(8)5-10/h2-6,11H,1H3/t6-,8-/m1/s1. The number of hydrogen-bond donors (Lipinski definition) is 1. The van der Waals surface area contributed by atoms with E-state index in [0.29, 0.717) is 10.8 Å². The Morgan fingerprint density at radius 2 is 2.50 bits per heavy atom. The second-order valence-corrected chi connectivity index (χ2v) is 3.40. The minimum absolute atomic E-state index is 0.615. The van der Waals surface area contributed by atoms with Crippen LogP contribution in [0, 0.1) is 5.92 Å². The lowest BCUT2D eigenvalue weighted by molar-refractivity contribution is -0.173. The van der Waals surface area contributed by atoms with E-state index in [-0.39, 0.29) is 0 Å². The van der Waals surface area contributed by atoms with Crippen LogP contribution in [0.1, 0.15) is 0 Å². The van der Waals surface area contributed by atoms with Crippen molar-refractivity contribution in [2.75, 3.05) is 7.11 Å². The van der Waals surface area contributed by atoms with E-state index in [4.69, 9.17) is 4.74 Å². The SMILES string of the molecule is CO[C@]1(O)C=CC=C(Br)[C@H]1C=O. The van der Waals surface area contributed by atoms with Gasteiger partial charge in [-0.15, -0.1) is 0 Å². The zero-order chi connectivity index (χ0) is 9.19. The topological polar surface area (TPSA) is 46.5 Å². The van der Waals surface area contributed by atoms with Crippen LogP contribution in [0.3, 0.4) is 0 Å². The van der Waals surface area contributed by atoms with Crippen LogP contribution in [0.2, 0.25) is 0 Å². The van der Waals surface area contributed by atoms with Gasteiger partial charge in [0.05, 0.1) is 0 Å². The highest BCUT2D eigenvalue weighted by Crippen LogP contribution is 2.32. The molecule has 0 saturated carbocycles. The smallest absolute Gasteiger partial charge is 0.199 e. The van der Waals surface area contributed by atoms with Crippen LogP contribution >= 0.6 is 15.9 Å². The lowest BCUT2D eigenvalue weighted by Gasteiger charge is -2.30. The van der Waals surface area contributed by atoms with Crippen molar-refractivity contribution in [1.29, 1.82) is 0 Å². The second kappa shape index (κ2) is 3.51. The van der Waals surface area contributed by atoms with Crippen LogP contribution in [0.15, 0.2) is 22.7 Å². The van der Waals surface area contributed by atoms with E-state index >= 15 is 0 Å². The Kier molecular flexibility index (Phi) is 2.82.